The molecule has 0 radical (unpaired) electrons. The average Bonchev–Trinajstić information content (AvgIpc) is 3.07. The summed E-state index contributed by atoms with van der Waals surface area (Å²) in [5, 5.41) is 11.2. The lowest BCUT2D eigenvalue weighted by Gasteiger charge is -2.12. The monoisotopic (exact) mass is 480 g/mol. The lowest BCUT2D eigenvalue weighted by Crippen LogP contribution is -2.27. The molecule has 1 aliphatic rings. The molecule has 0 spiro atoms. The van der Waals surface area contributed by atoms with Crippen LogP contribution in [0.25, 0.3) is 6.08 Å². The van der Waals surface area contributed by atoms with Gasteiger partial charge in [0, 0.05) is 17.2 Å². The zero-order valence-corrected chi connectivity index (χ0v) is 18.7. The molecule has 1 saturated heterocycles. The first kappa shape index (κ1) is 22.6. The van der Waals surface area contributed by atoms with E-state index in [0.717, 1.165) is 27.8 Å². The van der Waals surface area contributed by atoms with Crippen LogP contribution in [-0.2, 0) is 17.9 Å². The van der Waals surface area contributed by atoms with Gasteiger partial charge in [0.25, 0.3) is 16.8 Å². The van der Waals surface area contributed by atoms with Crippen molar-refractivity contribution >= 4 is 46.3 Å². The highest BCUT2D eigenvalue weighted by atomic mass is 35.5. The van der Waals surface area contributed by atoms with Crippen LogP contribution in [0.1, 0.15) is 16.7 Å². The molecule has 166 valence electrons. The Kier molecular flexibility index (Phi) is 6.76. The van der Waals surface area contributed by atoms with Crippen LogP contribution >= 0.6 is 23.4 Å². The highest BCUT2D eigenvalue weighted by molar-refractivity contribution is 8.18. The van der Waals surface area contributed by atoms with E-state index < -0.39 is 16.1 Å². The van der Waals surface area contributed by atoms with Gasteiger partial charge >= 0.3 is 0 Å². The predicted octanol–water partition coefficient (Wildman–Crippen LogP) is 6.06. The number of carbonyl (C=O) groups is 2. The zero-order valence-electron chi connectivity index (χ0n) is 17.1. The van der Waals surface area contributed by atoms with E-state index in [1.807, 2.05) is 12.1 Å². The number of imide groups is 1. The number of rotatable bonds is 7. The minimum atomic E-state index is -0.514. The van der Waals surface area contributed by atoms with Crippen LogP contribution in [0.3, 0.4) is 0 Å². The lowest BCUT2D eigenvalue weighted by atomic mass is 10.2. The first-order valence-electron chi connectivity index (χ1n) is 9.85. The van der Waals surface area contributed by atoms with Crippen molar-refractivity contribution in [2.45, 2.75) is 13.2 Å². The third kappa shape index (κ3) is 5.60. The van der Waals surface area contributed by atoms with Crippen molar-refractivity contribution in [1.29, 1.82) is 0 Å². The van der Waals surface area contributed by atoms with Crippen LogP contribution < -0.4 is 4.74 Å². The van der Waals surface area contributed by atoms with Crippen molar-refractivity contribution in [2.75, 3.05) is 0 Å². The Morgan fingerprint density at radius 1 is 1.00 bits per heavy atom. The highest BCUT2D eigenvalue weighted by Gasteiger charge is 2.35. The van der Waals surface area contributed by atoms with Gasteiger partial charge in [0.05, 0.1) is 16.4 Å². The summed E-state index contributed by atoms with van der Waals surface area (Å²) in [5.74, 6) is 0.237. The van der Waals surface area contributed by atoms with Crippen LogP contribution in [0, 0.1) is 10.1 Å². The fourth-order valence-electron chi connectivity index (χ4n) is 3.15. The maximum atomic E-state index is 12.7. The Morgan fingerprint density at radius 3 is 2.42 bits per heavy atom. The molecule has 0 aliphatic carbocycles. The molecule has 1 heterocycles. The smallest absolute Gasteiger partial charge is 0.293 e. The number of carbonyl (C=O) groups excluding carboxylic acids is 2. The van der Waals surface area contributed by atoms with Gasteiger partial charge in [-0.1, -0.05) is 48.0 Å². The summed E-state index contributed by atoms with van der Waals surface area (Å²) in [6, 6.07) is 20.4. The Labute approximate surface area is 198 Å². The Hall–Kier alpha value is -3.62. The van der Waals surface area contributed by atoms with Crippen molar-refractivity contribution in [1.82, 2.24) is 4.90 Å². The number of hydrogen-bond acceptors (Lipinski definition) is 6. The molecule has 3 aromatic rings. The van der Waals surface area contributed by atoms with Gasteiger partial charge in [-0.05, 0) is 58.8 Å². The van der Waals surface area contributed by atoms with E-state index in [1.54, 1.807) is 48.5 Å². The zero-order chi connectivity index (χ0) is 23.4. The van der Waals surface area contributed by atoms with Gasteiger partial charge in [-0.25, -0.2) is 0 Å². The van der Waals surface area contributed by atoms with E-state index >= 15 is 0 Å². The van der Waals surface area contributed by atoms with Crippen molar-refractivity contribution < 1.29 is 19.2 Å². The summed E-state index contributed by atoms with van der Waals surface area (Å²) in [4.78, 5) is 36.9. The molecule has 3 aromatic carbocycles. The fraction of sp³-hybridized carbons (Fsp3) is 0.0833. The third-order valence-electron chi connectivity index (χ3n) is 4.83. The Morgan fingerprint density at radius 2 is 1.73 bits per heavy atom. The molecule has 7 nitrogen and oxygen atoms in total. The molecule has 0 N–H and O–H groups in total. The number of thioether (sulfide) groups is 1. The molecule has 0 atom stereocenters. The number of ether oxygens (including phenoxy) is 1. The molecular formula is C24H17ClN2O5S. The maximum absolute atomic E-state index is 12.7. The molecule has 1 aliphatic heterocycles. The SMILES string of the molecule is O=C1S/C(=C/c2ccc(OCc3ccc(Cl)cc3)cc2)C(=O)N1Cc1cccc([N+](=O)[O-])c1. The van der Waals surface area contributed by atoms with Gasteiger partial charge in [-0.2, -0.15) is 0 Å². The van der Waals surface area contributed by atoms with Crippen LogP contribution in [0.15, 0.2) is 77.7 Å². The summed E-state index contributed by atoms with van der Waals surface area (Å²) >= 11 is 6.72. The van der Waals surface area contributed by atoms with E-state index in [0.29, 0.717) is 27.8 Å². The molecule has 2 amide bonds. The maximum Gasteiger partial charge on any atom is 0.293 e. The van der Waals surface area contributed by atoms with Crippen molar-refractivity contribution in [3.63, 3.8) is 0 Å². The summed E-state index contributed by atoms with van der Waals surface area (Å²) in [5.41, 5.74) is 2.15. The summed E-state index contributed by atoms with van der Waals surface area (Å²) in [7, 11) is 0. The van der Waals surface area contributed by atoms with E-state index in [-0.39, 0.29) is 12.2 Å². The van der Waals surface area contributed by atoms with Gasteiger partial charge in [-0.15, -0.1) is 0 Å². The summed E-state index contributed by atoms with van der Waals surface area (Å²) in [6.45, 7) is 0.369. The predicted molar refractivity (Wildman–Crippen MR) is 127 cm³/mol. The molecule has 0 aromatic heterocycles. The number of hydrogen-bond donors (Lipinski definition) is 0. The minimum Gasteiger partial charge on any atom is -0.489 e. The fourth-order valence-corrected chi connectivity index (χ4v) is 4.11. The van der Waals surface area contributed by atoms with E-state index in [1.165, 1.54) is 18.2 Å². The van der Waals surface area contributed by atoms with E-state index in [2.05, 4.69) is 0 Å². The van der Waals surface area contributed by atoms with E-state index in [4.69, 9.17) is 16.3 Å². The number of nitro benzene ring substituents is 1. The van der Waals surface area contributed by atoms with Crippen LogP contribution in [0.5, 0.6) is 5.75 Å². The Balaban J connectivity index is 1.41. The minimum absolute atomic E-state index is 0.0266. The normalized spacial score (nSPS) is 14.7. The van der Waals surface area contributed by atoms with Crippen molar-refractivity contribution in [2.24, 2.45) is 0 Å². The number of halogens is 1. The van der Waals surface area contributed by atoms with Gasteiger partial charge in [0.1, 0.15) is 12.4 Å². The van der Waals surface area contributed by atoms with Crippen molar-refractivity contribution in [3.05, 3.63) is 110 Å². The van der Waals surface area contributed by atoms with E-state index in [9.17, 15) is 19.7 Å². The Bertz CT molecular complexity index is 1240. The second-order valence-electron chi connectivity index (χ2n) is 7.18. The largest absolute Gasteiger partial charge is 0.489 e. The van der Waals surface area contributed by atoms with Crippen LogP contribution in [0.4, 0.5) is 10.5 Å². The number of benzene rings is 3. The second kappa shape index (κ2) is 9.89. The topological polar surface area (TPSA) is 89.8 Å². The second-order valence-corrected chi connectivity index (χ2v) is 8.61. The van der Waals surface area contributed by atoms with Crippen LogP contribution in [0.2, 0.25) is 5.02 Å². The molecule has 4 rings (SSSR count). The average molecular weight is 481 g/mol. The quantitative estimate of drug-likeness (QED) is 0.232. The van der Waals surface area contributed by atoms with Gasteiger partial charge < -0.3 is 4.74 Å². The van der Waals surface area contributed by atoms with Gasteiger partial charge in [0.2, 0.25) is 0 Å². The summed E-state index contributed by atoms with van der Waals surface area (Å²) in [6.07, 6.45) is 1.64. The lowest BCUT2D eigenvalue weighted by molar-refractivity contribution is -0.384. The molecule has 0 saturated carbocycles. The molecule has 1 fully saturated rings. The van der Waals surface area contributed by atoms with Crippen LogP contribution in [-0.4, -0.2) is 21.0 Å². The van der Waals surface area contributed by atoms with Gasteiger partial charge in [-0.3, -0.25) is 24.6 Å². The number of nitro groups is 1. The standard InChI is InChI=1S/C24H17ClN2O5S/c25-19-8-4-17(5-9-19)15-32-21-10-6-16(7-11-21)13-22-23(28)26(24(29)33-22)14-18-2-1-3-20(12-18)27(30)31/h1-13H,14-15H2/b22-13+. The third-order valence-corrected chi connectivity index (χ3v) is 5.99. The molecule has 0 unspecified atom stereocenters. The van der Waals surface area contributed by atoms with Gasteiger partial charge in [0.15, 0.2) is 0 Å². The molecule has 0 bridgehead atoms. The number of amides is 2. The first-order chi connectivity index (χ1) is 15.9. The number of non-ortho nitro benzene ring substituents is 1. The highest BCUT2D eigenvalue weighted by Crippen LogP contribution is 2.33. The first-order valence-corrected chi connectivity index (χ1v) is 11.0. The number of nitrogens with zero attached hydrogens (tertiary/aromatic N) is 2. The molecule has 9 heteroatoms. The molecular weight excluding hydrogens is 464 g/mol. The van der Waals surface area contributed by atoms with Crippen molar-refractivity contribution in [3.8, 4) is 5.75 Å². The molecule has 33 heavy (non-hydrogen) atoms. The summed E-state index contributed by atoms with van der Waals surface area (Å²) < 4.78 is 5.76.